The normalized spacial score (nSPS) is 10.5. The molecule has 0 saturated carbocycles. The minimum absolute atomic E-state index is 0.804. The van der Waals surface area contributed by atoms with Crippen molar-refractivity contribution in [3.63, 3.8) is 0 Å². The highest BCUT2D eigenvalue weighted by Crippen LogP contribution is 2.19. The maximum Gasteiger partial charge on any atom is 0.227 e. The van der Waals surface area contributed by atoms with Crippen LogP contribution in [0, 0.1) is 13.8 Å². The Morgan fingerprint density at radius 1 is 1.00 bits per heavy atom. The monoisotopic (exact) mass is 298 g/mol. The predicted octanol–water partition coefficient (Wildman–Crippen LogP) is 4.46. The molecule has 0 unspecified atom stereocenters. The number of benzene rings is 1. The van der Waals surface area contributed by atoms with Gasteiger partial charge in [-0.25, -0.2) is 4.98 Å². The van der Waals surface area contributed by atoms with Gasteiger partial charge in [-0.05, 0) is 56.0 Å². The number of rotatable bonds is 7. The Morgan fingerprint density at radius 2 is 1.64 bits per heavy atom. The molecule has 1 aromatic heterocycles. The minimum atomic E-state index is 0.804. The van der Waals surface area contributed by atoms with Crippen LogP contribution in [0.5, 0.6) is 0 Å². The molecule has 0 aliphatic carbocycles. The number of aromatic nitrogens is 2. The number of nitrogens with zero attached hydrogens (tertiary/aromatic N) is 3. The van der Waals surface area contributed by atoms with Gasteiger partial charge in [0.25, 0.3) is 0 Å². The van der Waals surface area contributed by atoms with Gasteiger partial charge in [0.2, 0.25) is 5.95 Å². The van der Waals surface area contributed by atoms with Crippen molar-refractivity contribution in [2.75, 3.05) is 23.3 Å². The van der Waals surface area contributed by atoms with Crippen LogP contribution < -0.4 is 10.2 Å². The summed E-state index contributed by atoms with van der Waals surface area (Å²) in [4.78, 5) is 11.3. The number of anilines is 3. The van der Waals surface area contributed by atoms with Crippen LogP contribution in [0.25, 0.3) is 0 Å². The summed E-state index contributed by atoms with van der Waals surface area (Å²) >= 11 is 0. The van der Waals surface area contributed by atoms with Crippen LogP contribution in [0.2, 0.25) is 0 Å². The zero-order valence-corrected chi connectivity index (χ0v) is 14.1. The van der Waals surface area contributed by atoms with Crippen molar-refractivity contribution in [3.8, 4) is 0 Å². The quantitative estimate of drug-likeness (QED) is 0.819. The third-order valence-electron chi connectivity index (χ3n) is 3.41. The molecule has 118 valence electrons. The Bertz CT molecular complexity index is 584. The lowest BCUT2D eigenvalue weighted by Gasteiger charge is -2.21. The number of aryl methyl sites for hydroxylation is 2. The van der Waals surface area contributed by atoms with E-state index in [0.29, 0.717) is 0 Å². The highest BCUT2D eigenvalue weighted by Gasteiger charge is 2.08. The Morgan fingerprint density at radius 3 is 2.23 bits per heavy atom. The Balaban J connectivity index is 2.20. The van der Waals surface area contributed by atoms with Gasteiger partial charge in [-0.2, -0.15) is 4.98 Å². The lowest BCUT2D eigenvalue weighted by Crippen LogP contribution is -2.27. The van der Waals surface area contributed by atoms with Gasteiger partial charge in [0.05, 0.1) is 0 Å². The third-order valence-corrected chi connectivity index (χ3v) is 3.41. The van der Waals surface area contributed by atoms with E-state index in [9.17, 15) is 0 Å². The van der Waals surface area contributed by atoms with E-state index in [1.165, 1.54) is 11.1 Å². The van der Waals surface area contributed by atoms with Crippen molar-refractivity contribution in [3.05, 3.63) is 41.6 Å². The Kier molecular flexibility index (Phi) is 5.75. The fourth-order valence-corrected chi connectivity index (χ4v) is 2.62. The molecule has 4 heteroatoms. The molecule has 1 N–H and O–H groups in total. The first-order valence-electron chi connectivity index (χ1n) is 8.05. The fourth-order valence-electron chi connectivity index (χ4n) is 2.62. The molecule has 2 rings (SSSR count). The third kappa shape index (κ3) is 4.45. The highest BCUT2D eigenvalue weighted by molar-refractivity contribution is 5.59. The van der Waals surface area contributed by atoms with E-state index in [2.05, 4.69) is 66.1 Å². The van der Waals surface area contributed by atoms with E-state index in [1.54, 1.807) is 0 Å². The maximum absolute atomic E-state index is 4.67. The predicted molar refractivity (Wildman–Crippen MR) is 94.0 cm³/mol. The van der Waals surface area contributed by atoms with Crippen LogP contribution in [-0.2, 0) is 0 Å². The lowest BCUT2D eigenvalue weighted by atomic mass is 10.1. The summed E-state index contributed by atoms with van der Waals surface area (Å²) in [6.07, 6.45) is 4.02. The average Bonchev–Trinajstić information content (AvgIpc) is 2.46. The second-order valence-electron chi connectivity index (χ2n) is 5.73. The second-order valence-corrected chi connectivity index (χ2v) is 5.73. The second kappa shape index (κ2) is 7.78. The summed E-state index contributed by atoms with van der Waals surface area (Å²) in [5.74, 6) is 1.64. The molecule has 0 radical (unpaired) electrons. The number of nitrogens with one attached hydrogen (secondary N) is 1. The summed E-state index contributed by atoms with van der Waals surface area (Å²) in [6.45, 7) is 10.5. The molecular formula is C18H26N4. The molecule has 0 bridgehead atoms. The molecule has 1 heterocycles. The molecule has 4 nitrogen and oxygen atoms in total. The van der Waals surface area contributed by atoms with Crippen molar-refractivity contribution in [1.29, 1.82) is 0 Å². The number of hydrogen-bond donors (Lipinski definition) is 1. The molecule has 0 spiro atoms. The molecule has 0 atom stereocenters. The largest absolute Gasteiger partial charge is 0.341 e. The van der Waals surface area contributed by atoms with Crippen molar-refractivity contribution >= 4 is 17.5 Å². The van der Waals surface area contributed by atoms with E-state index >= 15 is 0 Å². The van der Waals surface area contributed by atoms with Crippen molar-refractivity contribution in [2.45, 2.75) is 40.5 Å². The Labute approximate surface area is 133 Å². The van der Waals surface area contributed by atoms with Gasteiger partial charge in [-0.1, -0.05) is 19.9 Å². The SMILES string of the molecule is CCCN(CCC)c1nccc(Nc2cc(C)cc(C)c2)n1. The molecule has 0 amide bonds. The van der Waals surface area contributed by atoms with E-state index < -0.39 is 0 Å². The van der Waals surface area contributed by atoms with Crippen molar-refractivity contribution in [2.24, 2.45) is 0 Å². The molecule has 22 heavy (non-hydrogen) atoms. The Hall–Kier alpha value is -2.10. The van der Waals surface area contributed by atoms with E-state index in [1.807, 2.05) is 12.3 Å². The molecule has 0 fully saturated rings. The molecule has 0 aliphatic heterocycles. The first-order chi connectivity index (χ1) is 10.6. The summed E-state index contributed by atoms with van der Waals surface area (Å²) in [6, 6.07) is 8.34. The smallest absolute Gasteiger partial charge is 0.227 e. The van der Waals surface area contributed by atoms with Crippen molar-refractivity contribution < 1.29 is 0 Å². The molecule has 1 aromatic carbocycles. The van der Waals surface area contributed by atoms with Gasteiger partial charge < -0.3 is 10.2 Å². The zero-order valence-electron chi connectivity index (χ0n) is 14.1. The summed E-state index contributed by atoms with van der Waals surface area (Å²) in [5, 5.41) is 3.39. The van der Waals surface area contributed by atoms with Gasteiger partial charge >= 0.3 is 0 Å². The van der Waals surface area contributed by atoms with Gasteiger partial charge in [0, 0.05) is 25.0 Å². The van der Waals surface area contributed by atoms with Gasteiger partial charge in [-0.3, -0.25) is 0 Å². The first kappa shape index (κ1) is 16.3. The molecule has 0 saturated heterocycles. The standard InChI is InChI=1S/C18H26N4/c1-5-9-22(10-6-2)18-19-8-7-17(21-18)20-16-12-14(3)11-15(4)13-16/h7-8,11-13H,5-6,9-10H2,1-4H3,(H,19,20,21). The number of hydrogen-bond acceptors (Lipinski definition) is 4. The van der Waals surface area contributed by atoms with E-state index in [4.69, 9.17) is 0 Å². The topological polar surface area (TPSA) is 41.1 Å². The average molecular weight is 298 g/mol. The van der Waals surface area contributed by atoms with E-state index in [-0.39, 0.29) is 0 Å². The molecule has 0 aliphatic rings. The van der Waals surface area contributed by atoms with Crippen molar-refractivity contribution in [1.82, 2.24) is 9.97 Å². The van der Waals surface area contributed by atoms with E-state index in [0.717, 1.165) is 43.4 Å². The van der Waals surface area contributed by atoms with Crippen LogP contribution in [0.4, 0.5) is 17.5 Å². The molecule has 2 aromatic rings. The van der Waals surface area contributed by atoms with Crippen LogP contribution in [0.3, 0.4) is 0 Å². The minimum Gasteiger partial charge on any atom is -0.341 e. The fraction of sp³-hybridized carbons (Fsp3) is 0.444. The van der Waals surface area contributed by atoms with Crippen LogP contribution in [-0.4, -0.2) is 23.1 Å². The van der Waals surface area contributed by atoms with Crippen LogP contribution in [0.15, 0.2) is 30.5 Å². The maximum atomic E-state index is 4.67. The zero-order chi connectivity index (χ0) is 15.9. The highest BCUT2D eigenvalue weighted by atomic mass is 15.3. The van der Waals surface area contributed by atoms with Gasteiger partial charge in [0.15, 0.2) is 0 Å². The van der Waals surface area contributed by atoms with Gasteiger partial charge in [0.1, 0.15) is 5.82 Å². The molecular weight excluding hydrogens is 272 g/mol. The van der Waals surface area contributed by atoms with Gasteiger partial charge in [-0.15, -0.1) is 0 Å². The lowest BCUT2D eigenvalue weighted by molar-refractivity contribution is 0.722. The van der Waals surface area contributed by atoms with Crippen LogP contribution in [0.1, 0.15) is 37.8 Å². The van der Waals surface area contributed by atoms with Crippen LogP contribution >= 0.6 is 0 Å². The first-order valence-corrected chi connectivity index (χ1v) is 8.05. The summed E-state index contributed by atoms with van der Waals surface area (Å²) < 4.78 is 0. The summed E-state index contributed by atoms with van der Waals surface area (Å²) in [7, 11) is 0. The summed E-state index contributed by atoms with van der Waals surface area (Å²) in [5.41, 5.74) is 3.56.